The van der Waals surface area contributed by atoms with Crippen LogP contribution < -0.4 is 9.46 Å². The summed E-state index contributed by atoms with van der Waals surface area (Å²) in [7, 11) is -4.02. The predicted octanol–water partition coefficient (Wildman–Crippen LogP) is 5.85. The molecular formula is C32H34ClN3O6S. The molecule has 0 spiro atoms. The SMILES string of the molecule is Cc1ccc2c(c1)c(C)c(C(=O)NS(=O)(=O)C1CCN(C(=O)OCc3ccccc3)CC1)n2CCOc1ccccc1Cl. The van der Waals surface area contributed by atoms with E-state index >= 15 is 0 Å². The highest BCUT2D eigenvalue weighted by Gasteiger charge is 2.34. The van der Waals surface area contributed by atoms with Crippen molar-refractivity contribution in [1.82, 2.24) is 14.2 Å². The Morgan fingerprint density at radius 2 is 1.67 bits per heavy atom. The number of hydrogen-bond acceptors (Lipinski definition) is 6. The quantitative estimate of drug-likeness (QED) is 0.251. The summed E-state index contributed by atoms with van der Waals surface area (Å²) in [4.78, 5) is 27.7. The lowest BCUT2D eigenvalue weighted by Crippen LogP contribution is -2.47. The number of aromatic nitrogens is 1. The second-order valence-electron chi connectivity index (χ2n) is 10.6. The van der Waals surface area contributed by atoms with Crippen LogP contribution >= 0.6 is 11.6 Å². The molecule has 43 heavy (non-hydrogen) atoms. The number of nitrogens with zero attached hydrogens (tertiary/aromatic N) is 2. The van der Waals surface area contributed by atoms with Crippen molar-refractivity contribution in [3.63, 3.8) is 0 Å². The van der Waals surface area contributed by atoms with Gasteiger partial charge in [-0.3, -0.25) is 4.79 Å². The number of likely N-dealkylation sites (tertiary alicyclic amines) is 1. The molecule has 1 fully saturated rings. The van der Waals surface area contributed by atoms with E-state index in [1.165, 1.54) is 4.90 Å². The van der Waals surface area contributed by atoms with Crippen molar-refractivity contribution in [2.75, 3.05) is 19.7 Å². The van der Waals surface area contributed by atoms with Crippen LogP contribution in [-0.2, 0) is 27.9 Å². The van der Waals surface area contributed by atoms with E-state index in [9.17, 15) is 18.0 Å². The number of benzene rings is 3. The molecule has 3 aromatic carbocycles. The molecule has 0 unspecified atom stereocenters. The van der Waals surface area contributed by atoms with Crippen LogP contribution in [0.25, 0.3) is 10.9 Å². The second kappa shape index (κ2) is 13.1. The number of rotatable bonds is 9. The molecule has 5 rings (SSSR count). The van der Waals surface area contributed by atoms with Gasteiger partial charge >= 0.3 is 6.09 Å². The van der Waals surface area contributed by atoms with Crippen LogP contribution in [0.15, 0.2) is 72.8 Å². The summed E-state index contributed by atoms with van der Waals surface area (Å²) >= 11 is 6.23. The van der Waals surface area contributed by atoms with Gasteiger partial charge in [0.2, 0.25) is 10.0 Å². The normalized spacial score (nSPS) is 14.1. The third-order valence-electron chi connectivity index (χ3n) is 7.68. The lowest BCUT2D eigenvalue weighted by Gasteiger charge is -2.31. The van der Waals surface area contributed by atoms with Gasteiger partial charge in [-0.1, -0.05) is 65.7 Å². The predicted molar refractivity (Wildman–Crippen MR) is 166 cm³/mol. The standard InChI is InChI=1S/C32H34ClN3O6S/c1-22-12-13-28-26(20-22)23(2)30(36(28)18-19-41-29-11-7-6-10-27(29)33)31(37)34-43(39,40)25-14-16-35(17-15-25)32(38)42-21-24-8-4-3-5-9-24/h3-13,20,25H,14-19,21H2,1-2H3,(H,34,37). The van der Waals surface area contributed by atoms with E-state index in [0.29, 0.717) is 22.9 Å². The minimum atomic E-state index is -4.02. The molecule has 226 valence electrons. The first-order valence-electron chi connectivity index (χ1n) is 14.1. The van der Waals surface area contributed by atoms with Crippen LogP contribution in [0, 0.1) is 13.8 Å². The van der Waals surface area contributed by atoms with Gasteiger partial charge in [-0.15, -0.1) is 0 Å². The van der Waals surface area contributed by atoms with Gasteiger partial charge < -0.3 is 18.9 Å². The average Bonchev–Trinajstić information content (AvgIpc) is 3.27. The summed E-state index contributed by atoms with van der Waals surface area (Å²) in [5.74, 6) is -0.175. The maximum Gasteiger partial charge on any atom is 0.410 e. The van der Waals surface area contributed by atoms with Crippen molar-refractivity contribution in [2.24, 2.45) is 0 Å². The molecule has 1 N–H and O–H groups in total. The molecule has 2 amide bonds. The zero-order chi connectivity index (χ0) is 30.6. The summed E-state index contributed by atoms with van der Waals surface area (Å²) in [6.45, 7) is 4.86. The number of carbonyl (C=O) groups excluding carboxylic acids is 2. The first-order valence-corrected chi connectivity index (χ1v) is 16.0. The number of nitrogens with one attached hydrogen (secondary N) is 1. The summed E-state index contributed by atoms with van der Waals surface area (Å²) in [5.41, 5.74) is 3.63. The Kier molecular flexibility index (Phi) is 9.27. The maximum absolute atomic E-state index is 13.6. The lowest BCUT2D eigenvalue weighted by atomic mass is 10.1. The molecule has 1 saturated heterocycles. The number of amides is 2. The van der Waals surface area contributed by atoms with Crippen molar-refractivity contribution < 1.29 is 27.5 Å². The van der Waals surface area contributed by atoms with Gasteiger partial charge in [0.1, 0.15) is 24.7 Å². The van der Waals surface area contributed by atoms with Gasteiger partial charge in [0, 0.05) is 24.0 Å². The number of para-hydroxylation sites is 1. The van der Waals surface area contributed by atoms with Crippen LogP contribution in [0.1, 0.15) is 40.0 Å². The first-order chi connectivity index (χ1) is 20.6. The summed E-state index contributed by atoms with van der Waals surface area (Å²) in [6, 6.07) is 22.3. The monoisotopic (exact) mass is 623 g/mol. The zero-order valence-electron chi connectivity index (χ0n) is 24.1. The lowest BCUT2D eigenvalue weighted by molar-refractivity contribution is 0.0892. The van der Waals surface area contributed by atoms with Crippen LogP contribution in [0.3, 0.4) is 0 Å². The Bertz CT molecular complexity index is 1730. The minimum absolute atomic E-state index is 0.143. The Morgan fingerprint density at radius 3 is 2.40 bits per heavy atom. The van der Waals surface area contributed by atoms with Crippen LogP contribution in [0.5, 0.6) is 5.75 Å². The fraction of sp³-hybridized carbons (Fsp3) is 0.312. The molecule has 1 aromatic heterocycles. The van der Waals surface area contributed by atoms with Crippen molar-refractivity contribution in [2.45, 2.75) is 45.1 Å². The second-order valence-corrected chi connectivity index (χ2v) is 13.0. The van der Waals surface area contributed by atoms with Gasteiger partial charge in [0.05, 0.1) is 16.8 Å². The Labute approximate surface area is 256 Å². The van der Waals surface area contributed by atoms with Crippen molar-refractivity contribution >= 4 is 44.5 Å². The summed E-state index contributed by atoms with van der Waals surface area (Å²) in [6.07, 6.45) is -0.107. The van der Waals surface area contributed by atoms with Crippen LogP contribution in [-0.4, -0.2) is 54.8 Å². The maximum atomic E-state index is 13.6. The Balaban J connectivity index is 1.26. The Hall–Kier alpha value is -4.02. The van der Waals surface area contributed by atoms with Crippen molar-refractivity contribution in [3.05, 3.63) is 100 Å². The number of aryl methyl sites for hydroxylation is 2. The van der Waals surface area contributed by atoms with E-state index in [1.54, 1.807) is 16.7 Å². The van der Waals surface area contributed by atoms with Gasteiger partial charge in [0.25, 0.3) is 5.91 Å². The first kappa shape index (κ1) is 30.4. The number of piperidine rings is 1. The van der Waals surface area contributed by atoms with Gasteiger partial charge in [-0.25, -0.2) is 17.9 Å². The molecule has 0 saturated carbocycles. The van der Waals surface area contributed by atoms with Gasteiger partial charge in [-0.05, 0) is 62.1 Å². The van der Waals surface area contributed by atoms with Crippen molar-refractivity contribution in [1.29, 1.82) is 0 Å². The molecule has 0 bridgehead atoms. The van der Waals surface area contributed by atoms with Gasteiger partial charge in [0.15, 0.2) is 0 Å². The number of fused-ring (bicyclic) bond motifs is 1. The minimum Gasteiger partial charge on any atom is -0.490 e. The van der Waals surface area contributed by atoms with Gasteiger partial charge in [-0.2, -0.15) is 0 Å². The molecule has 11 heteroatoms. The molecule has 1 aliphatic heterocycles. The molecule has 0 aliphatic carbocycles. The molecular weight excluding hydrogens is 590 g/mol. The van der Waals surface area contributed by atoms with Crippen LogP contribution in [0.2, 0.25) is 5.02 Å². The largest absolute Gasteiger partial charge is 0.490 e. The summed E-state index contributed by atoms with van der Waals surface area (Å²) in [5, 5.41) is 0.521. The molecule has 4 aromatic rings. The highest BCUT2D eigenvalue weighted by molar-refractivity contribution is 7.90. The number of carbonyl (C=O) groups is 2. The summed E-state index contributed by atoms with van der Waals surface area (Å²) < 4.78 is 42.1. The van der Waals surface area contributed by atoms with E-state index in [0.717, 1.165) is 22.0 Å². The van der Waals surface area contributed by atoms with E-state index in [4.69, 9.17) is 21.1 Å². The van der Waals surface area contributed by atoms with Crippen LogP contribution in [0.4, 0.5) is 4.79 Å². The van der Waals surface area contributed by atoms with E-state index < -0.39 is 27.3 Å². The number of halogens is 1. The molecule has 1 aliphatic rings. The number of hydrogen-bond donors (Lipinski definition) is 1. The van der Waals surface area contributed by atoms with E-state index in [2.05, 4.69) is 4.72 Å². The molecule has 9 nitrogen and oxygen atoms in total. The third kappa shape index (κ3) is 6.97. The Morgan fingerprint density at radius 1 is 0.977 bits per heavy atom. The molecule has 0 radical (unpaired) electrons. The molecule has 0 atom stereocenters. The molecule has 2 heterocycles. The van der Waals surface area contributed by atoms with E-state index in [-0.39, 0.29) is 44.8 Å². The number of ether oxygens (including phenoxy) is 2. The number of sulfonamides is 1. The third-order valence-corrected chi connectivity index (χ3v) is 9.81. The fourth-order valence-corrected chi connectivity index (χ4v) is 6.93. The highest BCUT2D eigenvalue weighted by Crippen LogP contribution is 2.28. The average molecular weight is 624 g/mol. The smallest absolute Gasteiger partial charge is 0.410 e. The topological polar surface area (TPSA) is 107 Å². The zero-order valence-corrected chi connectivity index (χ0v) is 25.7. The highest BCUT2D eigenvalue weighted by atomic mass is 35.5. The fourth-order valence-electron chi connectivity index (χ4n) is 5.39. The van der Waals surface area contributed by atoms with Crippen molar-refractivity contribution in [3.8, 4) is 5.75 Å². The van der Waals surface area contributed by atoms with E-state index in [1.807, 2.05) is 74.5 Å².